The minimum atomic E-state index is -0.213. The summed E-state index contributed by atoms with van der Waals surface area (Å²) in [6.07, 6.45) is 2.49. The van der Waals surface area contributed by atoms with Crippen molar-refractivity contribution in [1.82, 2.24) is 5.32 Å². The van der Waals surface area contributed by atoms with Crippen LogP contribution in [0.15, 0.2) is 0 Å². The second kappa shape index (κ2) is 2.46. The predicted molar refractivity (Wildman–Crippen MR) is 44.7 cm³/mol. The van der Waals surface area contributed by atoms with Crippen LogP contribution in [-0.4, -0.2) is 24.7 Å². The van der Waals surface area contributed by atoms with Crippen molar-refractivity contribution in [3.05, 3.63) is 0 Å². The number of amides is 1. The third kappa shape index (κ3) is 0.959. The van der Waals surface area contributed by atoms with E-state index in [9.17, 15) is 4.79 Å². The van der Waals surface area contributed by atoms with E-state index in [1.54, 1.807) is 0 Å². The fraction of sp³-hybridized carbons (Fsp3) is 0.889. The molecule has 3 nitrogen and oxygen atoms in total. The maximum atomic E-state index is 11.2. The Bertz CT molecular complexity index is 207. The second-order valence-corrected chi connectivity index (χ2v) is 4.22. The van der Waals surface area contributed by atoms with E-state index in [0.29, 0.717) is 0 Å². The first-order chi connectivity index (χ1) is 5.62. The molecule has 0 aromatic heterocycles. The number of carbonyl (C=O) groups excluding carboxylic acids is 1. The SMILES string of the molecule is CC1(C)C(=O)NC1C1CCCO1. The lowest BCUT2D eigenvalue weighted by molar-refractivity contribution is -0.148. The van der Waals surface area contributed by atoms with Crippen LogP contribution in [0.1, 0.15) is 26.7 Å². The Morgan fingerprint density at radius 1 is 1.58 bits per heavy atom. The quantitative estimate of drug-likeness (QED) is 0.586. The lowest BCUT2D eigenvalue weighted by Gasteiger charge is -2.46. The fourth-order valence-corrected chi connectivity index (χ4v) is 1.99. The van der Waals surface area contributed by atoms with Crippen LogP contribution >= 0.6 is 0 Å². The molecule has 0 spiro atoms. The fourth-order valence-electron chi connectivity index (χ4n) is 1.99. The van der Waals surface area contributed by atoms with Crippen LogP contribution in [0, 0.1) is 5.41 Å². The summed E-state index contributed by atoms with van der Waals surface area (Å²) >= 11 is 0. The van der Waals surface area contributed by atoms with Gasteiger partial charge in [-0.2, -0.15) is 0 Å². The van der Waals surface area contributed by atoms with Gasteiger partial charge in [-0.15, -0.1) is 0 Å². The summed E-state index contributed by atoms with van der Waals surface area (Å²) in [6, 6.07) is 0.243. The number of rotatable bonds is 1. The number of β-lactam (4-membered cyclic amide) rings is 1. The Labute approximate surface area is 72.5 Å². The Hall–Kier alpha value is -0.570. The summed E-state index contributed by atoms with van der Waals surface area (Å²) in [5, 5.41) is 2.91. The molecule has 2 heterocycles. The van der Waals surface area contributed by atoms with E-state index in [-0.39, 0.29) is 23.5 Å². The number of carbonyl (C=O) groups is 1. The minimum Gasteiger partial charge on any atom is -0.376 e. The molecule has 2 atom stereocenters. The lowest BCUT2D eigenvalue weighted by atomic mass is 9.73. The summed E-state index contributed by atoms with van der Waals surface area (Å²) in [7, 11) is 0. The highest BCUT2D eigenvalue weighted by atomic mass is 16.5. The maximum Gasteiger partial charge on any atom is 0.228 e. The monoisotopic (exact) mass is 169 g/mol. The van der Waals surface area contributed by atoms with E-state index in [2.05, 4.69) is 5.32 Å². The average Bonchev–Trinajstić information content (AvgIpc) is 2.51. The van der Waals surface area contributed by atoms with Gasteiger partial charge in [-0.3, -0.25) is 4.79 Å². The topological polar surface area (TPSA) is 38.3 Å². The molecule has 0 aromatic carbocycles. The zero-order valence-corrected chi connectivity index (χ0v) is 7.59. The summed E-state index contributed by atoms with van der Waals surface area (Å²) < 4.78 is 5.53. The van der Waals surface area contributed by atoms with Gasteiger partial charge in [-0.05, 0) is 26.7 Å². The van der Waals surface area contributed by atoms with Gasteiger partial charge in [0.15, 0.2) is 0 Å². The van der Waals surface area contributed by atoms with Gasteiger partial charge in [0.05, 0.1) is 17.6 Å². The molecule has 2 fully saturated rings. The summed E-state index contributed by atoms with van der Waals surface area (Å²) in [4.78, 5) is 11.2. The van der Waals surface area contributed by atoms with Crippen molar-refractivity contribution >= 4 is 5.91 Å². The Balaban J connectivity index is 2.02. The first-order valence-electron chi connectivity index (χ1n) is 4.55. The average molecular weight is 169 g/mol. The number of nitrogens with one attached hydrogen (secondary N) is 1. The van der Waals surface area contributed by atoms with Gasteiger partial charge >= 0.3 is 0 Å². The zero-order chi connectivity index (χ0) is 8.77. The van der Waals surface area contributed by atoms with E-state index >= 15 is 0 Å². The molecule has 0 aromatic rings. The number of hydrogen-bond acceptors (Lipinski definition) is 2. The van der Waals surface area contributed by atoms with Gasteiger partial charge in [0.25, 0.3) is 0 Å². The largest absolute Gasteiger partial charge is 0.376 e. The van der Waals surface area contributed by atoms with Gasteiger partial charge in [0.2, 0.25) is 5.91 Å². The van der Waals surface area contributed by atoms with Gasteiger partial charge < -0.3 is 10.1 Å². The van der Waals surface area contributed by atoms with Gasteiger partial charge in [-0.25, -0.2) is 0 Å². The molecule has 3 heteroatoms. The third-order valence-electron chi connectivity index (χ3n) is 2.99. The van der Waals surface area contributed by atoms with Gasteiger partial charge in [-0.1, -0.05) is 0 Å². The molecule has 1 N–H and O–H groups in total. The molecule has 2 unspecified atom stereocenters. The van der Waals surface area contributed by atoms with E-state index in [1.807, 2.05) is 13.8 Å². The first-order valence-corrected chi connectivity index (χ1v) is 4.55. The molecule has 2 aliphatic rings. The Morgan fingerprint density at radius 2 is 2.33 bits per heavy atom. The molecule has 0 saturated carbocycles. The molecule has 1 amide bonds. The van der Waals surface area contributed by atoms with Gasteiger partial charge in [0, 0.05) is 6.61 Å². The second-order valence-electron chi connectivity index (χ2n) is 4.22. The molecule has 68 valence electrons. The van der Waals surface area contributed by atoms with Crippen LogP contribution in [0.4, 0.5) is 0 Å². The van der Waals surface area contributed by atoms with Gasteiger partial charge in [0.1, 0.15) is 0 Å². The zero-order valence-electron chi connectivity index (χ0n) is 7.59. The standard InChI is InChI=1S/C9H15NO2/c1-9(2)7(10-8(9)11)6-4-3-5-12-6/h6-7H,3-5H2,1-2H3,(H,10,11). The summed E-state index contributed by atoms with van der Waals surface area (Å²) in [5.74, 6) is 0.156. The van der Waals surface area contributed by atoms with Crippen molar-refractivity contribution in [2.45, 2.75) is 38.8 Å². The van der Waals surface area contributed by atoms with Crippen molar-refractivity contribution in [1.29, 1.82) is 0 Å². The molecule has 2 rings (SSSR count). The van der Waals surface area contributed by atoms with Crippen LogP contribution in [0.25, 0.3) is 0 Å². The van der Waals surface area contributed by atoms with Crippen LogP contribution in [-0.2, 0) is 9.53 Å². The van der Waals surface area contributed by atoms with E-state index in [4.69, 9.17) is 4.74 Å². The Kier molecular flexibility index (Phi) is 1.65. The maximum absolute atomic E-state index is 11.2. The van der Waals surface area contributed by atoms with Crippen molar-refractivity contribution < 1.29 is 9.53 Å². The van der Waals surface area contributed by atoms with Crippen LogP contribution in [0.5, 0.6) is 0 Å². The first kappa shape index (κ1) is 8.05. The molecule has 12 heavy (non-hydrogen) atoms. The highest BCUT2D eigenvalue weighted by Gasteiger charge is 2.51. The molecular formula is C9H15NO2. The molecule has 0 aliphatic carbocycles. The highest BCUT2D eigenvalue weighted by molar-refractivity contribution is 5.89. The molecule has 0 radical (unpaired) electrons. The third-order valence-corrected chi connectivity index (χ3v) is 2.99. The van der Waals surface area contributed by atoms with Crippen molar-refractivity contribution in [2.24, 2.45) is 5.41 Å². The van der Waals surface area contributed by atoms with Crippen LogP contribution in [0.2, 0.25) is 0 Å². The molecule has 2 saturated heterocycles. The number of ether oxygens (including phenoxy) is 1. The summed E-state index contributed by atoms with van der Waals surface area (Å²) in [6.45, 7) is 4.82. The molecule has 0 bridgehead atoms. The summed E-state index contributed by atoms with van der Waals surface area (Å²) in [5.41, 5.74) is -0.213. The predicted octanol–water partition coefficient (Wildman–Crippen LogP) is 0.690. The Morgan fingerprint density at radius 3 is 2.75 bits per heavy atom. The normalized spacial score (nSPS) is 39.0. The van der Waals surface area contributed by atoms with E-state index in [1.165, 1.54) is 0 Å². The van der Waals surface area contributed by atoms with Crippen molar-refractivity contribution in [2.75, 3.05) is 6.61 Å². The number of hydrogen-bond donors (Lipinski definition) is 1. The van der Waals surface area contributed by atoms with Crippen LogP contribution < -0.4 is 5.32 Å². The van der Waals surface area contributed by atoms with Crippen molar-refractivity contribution in [3.63, 3.8) is 0 Å². The van der Waals surface area contributed by atoms with Crippen molar-refractivity contribution in [3.8, 4) is 0 Å². The van der Waals surface area contributed by atoms with E-state index in [0.717, 1.165) is 19.4 Å². The highest BCUT2D eigenvalue weighted by Crippen LogP contribution is 2.35. The lowest BCUT2D eigenvalue weighted by Crippen LogP contribution is -2.68. The molecule has 2 aliphatic heterocycles. The van der Waals surface area contributed by atoms with Crippen LogP contribution in [0.3, 0.4) is 0 Å². The smallest absolute Gasteiger partial charge is 0.228 e. The van der Waals surface area contributed by atoms with E-state index < -0.39 is 0 Å². The minimum absolute atomic E-state index is 0.156. The molecular weight excluding hydrogens is 154 g/mol.